The van der Waals surface area contributed by atoms with E-state index in [0.29, 0.717) is 0 Å². The largest absolute Gasteiger partial charge is 0.456 e. The number of hydrogen-bond acceptors (Lipinski definition) is 2. The van der Waals surface area contributed by atoms with Crippen LogP contribution in [-0.4, -0.2) is 15.2 Å². The van der Waals surface area contributed by atoms with Gasteiger partial charge in [-0.3, -0.25) is 0 Å². The molecule has 12 aromatic rings. The van der Waals surface area contributed by atoms with Gasteiger partial charge in [-0.2, -0.15) is 0 Å². The predicted octanol–water partition coefficient (Wildman–Crippen LogP) is 13.6. The summed E-state index contributed by atoms with van der Waals surface area (Å²) in [4.78, 5) is 2.51. The monoisotopic (exact) mass is 793 g/mol. The molecule has 13 rings (SSSR count). The van der Waals surface area contributed by atoms with Crippen LogP contribution in [0.2, 0.25) is 0 Å². The first-order chi connectivity index (χ1) is 30.7. The maximum absolute atomic E-state index is 6.30. The van der Waals surface area contributed by atoms with Crippen molar-refractivity contribution in [1.29, 1.82) is 0 Å². The molecule has 292 valence electrons. The third kappa shape index (κ3) is 5.40. The topological polar surface area (TPSA) is 26.2 Å². The van der Waals surface area contributed by atoms with Gasteiger partial charge in [0.1, 0.15) is 11.2 Å². The van der Waals surface area contributed by atoms with E-state index in [0.717, 1.165) is 51.1 Å². The number of para-hydroxylation sites is 4. The Labute approximate surface area is 357 Å². The molecule has 3 aromatic heterocycles. The maximum Gasteiger partial charge on any atom is 0.135 e. The van der Waals surface area contributed by atoms with E-state index in [1.807, 2.05) is 6.07 Å². The molecule has 1 unspecified atom stereocenters. The lowest BCUT2D eigenvalue weighted by molar-refractivity contribution is 0.669. The molecule has 4 nitrogen and oxygen atoms in total. The molecular weight excluding hydrogens is 755 g/mol. The van der Waals surface area contributed by atoms with Crippen molar-refractivity contribution in [3.05, 3.63) is 217 Å². The highest BCUT2D eigenvalue weighted by atomic mass is 16.3. The molecule has 0 bridgehead atoms. The van der Waals surface area contributed by atoms with Crippen LogP contribution in [0.5, 0.6) is 0 Å². The zero-order valence-corrected chi connectivity index (χ0v) is 33.8. The standard InChI is InChI=1S/C58H39N3O/c1-2-14-42(15-3-1)60-53-19-9-6-16-47(53)49-32-30-46(37-56(49)60)59(45-31-33-58-52(36-45)50-18-8-11-21-57(50)62-58)43-26-22-38(23-27-43)39-24-28-44(29-25-39)61-54-20-10-7-17-48(54)51-34-40-12-4-5-13-41(40)35-55(51)61/h1-29,31-37,46H,30H2. The van der Waals surface area contributed by atoms with Crippen molar-refractivity contribution in [2.75, 3.05) is 4.90 Å². The summed E-state index contributed by atoms with van der Waals surface area (Å²) in [6.45, 7) is 0. The second kappa shape index (κ2) is 13.7. The number of hydrogen-bond donors (Lipinski definition) is 0. The van der Waals surface area contributed by atoms with E-state index in [1.165, 1.54) is 65.2 Å². The van der Waals surface area contributed by atoms with Crippen LogP contribution >= 0.6 is 0 Å². The van der Waals surface area contributed by atoms with Crippen molar-refractivity contribution in [3.8, 4) is 22.5 Å². The Hall–Kier alpha value is -8.08. The summed E-state index contributed by atoms with van der Waals surface area (Å²) in [6, 6.07) is 74.8. The van der Waals surface area contributed by atoms with E-state index >= 15 is 0 Å². The molecule has 0 N–H and O–H groups in total. The van der Waals surface area contributed by atoms with Crippen LogP contribution in [0.15, 0.2) is 211 Å². The summed E-state index contributed by atoms with van der Waals surface area (Å²) in [7, 11) is 0. The van der Waals surface area contributed by atoms with Crippen molar-refractivity contribution in [3.63, 3.8) is 0 Å². The van der Waals surface area contributed by atoms with Gasteiger partial charge in [0.25, 0.3) is 0 Å². The molecule has 0 fully saturated rings. The minimum Gasteiger partial charge on any atom is -0.456 e. The lowest BCUT2D eigenvalue weighted by Crippen LogP contribution is -2.39. The van der Waals surface area contributed by atoms with Crippen molar-refractivity contribution >= 4 is 88.9 Å². The number of nitrogens with zero attached hydrogens (tertiary/aromatic N) is 3. The molecule has 9 aromatic carbocycles. The first kappa shape index (κ1) is 34.8. The zero-order chi connectivity index (χ0) is 40.7. The minimum absolute atomic E-state index is 0.0540. The number of fused-ring (bicyclic) bond motifs is 10. The fraction of sp³-hybridized carbons (Fsp3) is 0.0345. The van der Waals surface area contributed by atoms with E-state index in [4.69, 9.17) is 4.42 Å². The van der Waals surface area contributed by atoms with Crippen molar-refractivity contribution in [1.82, 2.24) is 9.13 Å². The summed E-state index contributed by atoms with van der Waals surface area (Å²) in [5, 5.41) is 11.1. The average Bonchev–Trinajstić information content (AvgIpc) is 3.98. The number of aromatic nitrogens is 2. The Morgan fingerprint density at radius 3 is 1.81 bits per heavy atom. The van der Waals surface area contributed by atoms with Crippen LogP contribution in [0.3, 0.4) is 0 Å². The second-order valence-corrected chi connectivity index (χ2v) is 16.5. The van der Waals surface area contributed by atoms with Crippen LogP contribution in [0.1, 0.15) is 6.42 Å². The summed E-state index contributed by atoms with van der Waals surface area (Å²) in [5.41, 5.74) is 12.4. The van der Waals surface area contributed by atoms with Gasteiger partial charge in [-0.05, 0) is 119 Å². The Morgan fingerprint density at radius 2 is 1.02 bits per heavy atom. The normalized spacial score (nSPS) is 13.8. The van der Waals surface area contributed by atoms with Crippen LogP contribution < -0.4 is 15.5 Å². The van der Waals surface area contributed by atoms with Crippen LogP contribution in [-0.2, 0) is 0 Å². The molecule has 3 heterocycles. The van der Waals surface area contributed by atoms with E-state index in [1.54, 1.807) is 0 Å². The van der Waals surface area contributed by atoms with E-state index in [2.05, 4.69) is 226 Å². The van der Waals surface area contributed by atoms with Crippen molar-refractivity contribution in [2.24, 2.45) is 0 Å². The van der Waals surface area contributed by atoms with Crippen molar-refractivity contribution < 1.29 is 4.42 Å². The van der Waals surface area contributed by atoms with Gasteiger partial charge in [0.15, 0.2) is 0 Å². The molecule has 4 heteroatoms. The molecule has 62 heavy (non-hydrogen) atoms. The summed E-state index contributed by atoms with van der Waals surface area (Å²) in [5.74, 6) is 0. The van der Waals surface area contributed by atoms with Gasteiger partial charge in [-0.1, -0.05) is 127 Å². The van der Waals surface area contributed by atoms with Gasteiger partial charge in [-0.15, -0.1) is 0 Å². The lowest BCUT2D eigenvalue weighted by Gasteiger charge is -2.33. The highest BCUT2D eigenvalue weighted by molar-refractivity contribution is 6.13. The van der Waals surface area contributed by atoms with E-state index < -0.39 is 0 Å². The molecule has 1 atom stereocenters. The minimum atomic E-state index is 0.0540. The second-order valence-electron chi connectivity index (χ2n) is 16.5. The van der Waals surface area contributed by atoms with Crippen molar-refractivity contribution in [2.45, 2.75) is 12.5 Å². The lowest BCUT2D eigenvalue weighted by atomic mass is 10.0. The molecule has 0 radical (unpaired) electrons. The molecule has 1 aliphatic carbocycles. The fourth-order valence-corrected chi connectivity index (χ4v) is 10.1. The van der Waals surface area contributed by atoms with Gasteiger partial charge in [0.2, 0.25) is 0 Å². The van der Waals surface area contributed by atoms with Crippen LogP contribution in [0.4, 0.5) is 11.4 Å². The van der Waals surface area contributed by atoms with E-state index in [-0.39, 0.29) is 6.04 Å². The first-order valence-corrected chi connectivity index (χ1v) is 21.4. The van der Waals surface area contributed by atoms with Gasteiger partial charge in [0.05, 0.1) is 27.9 Å². The Kier molecular flexibility index (Phi) is 7.70. The molecule has 0 saturated carbocycles. The summed E-state index contributed by atoms with van der Waals surface area (Å²) >= 11 is 0. The molecule has 0 aliphatic heterocycles. The Morgan fingerprint density at radius 1 is 0.419 bits per heavy atom. The quantitative estimate of drug-likeness (QED) is 0.168. The molecule has 1 aliphatic rings. The third-order valence-electron chi connectivity index (χ3n) is 13.0. The number of benzene rings is 9. The SMILES string of the molecule is C1=c2c(n(-c3ccccc3)c3ccccc23)=CC(N(c2ccc(-c3ccc(-n4c5ccccc5c5cc6ccccc6cc54)cc3)cc2)c2ccc3oc4ccccc4c3c2)C1. The van der Waals surface area contributed by atoms with Crippen LogP contribution in [0, 0.1) is 0 Å². The van der Waals surface area contributed by atoms with Gasteiger partial charge >= 0.3 is 0 Å². The third-order valence-corrected chi connectivity index (χ3v) is 13.0. The fourth-order valence-electron chi connectivity index (χ4n) is 10.1. The van der Waals surface area contributed by atoms with Gasteiger partial charge in [-0.25, -0.2) is 0 Å². The predicted molar refractivity (Wildman–Crippen MR) is 259 cm³/mol. The molecule has 0 amide bonds. The Balaban J connectivity index is 0.920. The average molecular weight is 794 g/mol. The highest BCUT2D eigenvalue weighted by Gasteiger charge is 2.24. The van der Waals surface area contributed by atoms with Gasteiger partial charge in [0, 0.05) is 54.9 Å². The van der Waals surface area contributed by atoms with Gasteiger partial charge < -0.3 is 18.5 Å². The van der Waals surface area contributed by atoms with Crippen LogP contribution in [0.25, 0.3) is 100 Å². The smallest absolute Gasteiger partial charge is 0.135 e. The van der Waals surface area contributed by atoms with E-state index in [9.17, 15) is 0 Å². The number of furan rings is 1. The number of anilines is 2. The number of rotatable bonds is 6. The highest BCUT2D eigenvalue weighted by Crippen LogP contribution is 2.39. The molecule has 0 spiro atoms. The maximum atomic E-state index is 6.30. The Bertz CT molecular complexity index is 3830. The first-order valence-electron chi connectivity index (χ1n) is 21.4. The zero-order valence-electron chi connectivity index (χ0n) is 33.8. The summed E-state index contributed by atoms with van der Waals surface area (Å²) in [6.07, 6.45) is 5.78. The molecular formula is C58H39N3O. The molecule has 0 saturated heterocycles. The summed E-state index contributed by atoms with van der Waals surface area (Å²) < 4.78 is 11.1.